The van der Waals surface area contributed by atoms with E-state index < -0.39 is 0 Å². The molecule has 0 bridgehead atoms. The molecule has 3 heteroatoms. The highest BCUT2D eigenvalue weighted by Gasteiger charge is 1.97. The van der Waals surface area contributed by atoms with Crippen molar-refractivity contribution in [2.75, 3.05) is 0 Å². The van der Waals surface area contributed by atoms with Crippen molar-refractivity contribution >= 4 is 15.9 Å². The third-order valence-electron chi connectivity index (χ3n) is 2.16. The van der Waals surface area contributed by atoms with Gasteiger partial charge in [-0.1, -0.05) is 34.1 Å². The molecule has 1 heterocycles. The van der Waals surface area contributed by atoms with Crippen molar-refractivity contribution < 1.29 is 4.74 Å². The van der Waals surface area contributed by atoms with Gasteiger partial charge in [0.2, 0.25) is 5.88 Å². The van der Waals surface area contributed by atoms with Crippen LogP contribution < -0.4 is 4.74 Å². The van der Waals surface area contributed by atoms with Crippen LogP contribution in [0.5, 0.6) is 5.88 Å². The predicted octanol–water partition coefficient (Wildman–Crippen LogP) is 3.73. The lowest BCUT2D eigenvalue weighted by molar-refractivity contribution is 0.293. The molecule has 0 saturated carbocycles. The van der Waals surface area contributed by atoms with E-state index in [1.165, 1.54) is 0 Å². The minimum Gasteiger partial charge on any atom is -0.473 e. The SMILES string of the molecule is Cc1cccc(OCc2ccc(Br)cc2)n1. The Balaban J connectivity index is 1.99. The van der Waals surface area contributed by atoms with E-state index in [-0.39, 0.29) is 0 Å². The summed E-state index contributed by atoms with van der Waals surface area (Å²) in [5.41, 5.74) is 2.10. The van der Waals surface area contributed by atoms with Gasteiger partial charge in [0, 0.05) is 16.2 Å². The molecule has 0 N–H and O–H groups in total. The van der Waals surface area contributed by atoms with Crippen LogP contribution in [0.2, 0.25) is 0 Å². The maximum atomic E-state index is 5.59. The van der Waals surface area contributed by atoms with Crippen LogP contribution >= 0.6 is 15.9 Å². The Morgan fingerprint density at radius 3 is 2.56 bits per heavy atom. The highest BCUT2D eigenvalue weighted by molar-refractivity contribution is 9.10. The number of aromatic nitrogens is 1. The first-order chi connectivity index (χ1) is 7.74. The van der Waals surface area contributed by atoms with Crippen molar-refractivity contribution in [3.63, 3.8) is 0 Å². The summed E-state index contributed by atoms with van der Waals surface area (Å²) in [5, 5.41) is 0. The zero-order chi connectivity index (χ0) is 11.4. The van der Waals surface area contributed by atoms with E-state index in [0.29, 0.717) is 12.5 Å². The van der Waals surface area contributed by atoms with Crippen LogP contribution in [-0.4, -0.2) is 4.98 Å². The first-order valence-electron chi connectivity index (χ1n) is 5.05. The van der Waals surface area contributed by atoms with Gasteiger partial charge in [0.05, 0.1) is 0 Å². The van der Waals surface area contributed by atoms with E-state index in [1.807, 2.05) is 49.4 Å². The summed E-state index contributed by atoms with van der Waals surface area (Å²) in [4.78, 5) is 4.27. The number of rotatable bonds is 3. The summed E-state index contributed by atoms with van der Waals surface area (Å²) in [6.07, 6.45) is 0. The zero-order valence-electron chi connectivity index (χ0n) is 8.98. The lowest BCUT2D eigenvalue weighted by Gasteiger charge is -2.05. The summed E-state index contributed by atoms with van der Waals surface area (Å²) < 4.78 is 6.66. The Hall–Kier alpha value is -1.35. The molecule has 2 aromatic rings. The van der Waals surface area contributed by atoms with E-state index in [0.717, 1.165) is 15.7 Å². The van der Waals surface area contributed by atoms with Crippen molar-refractivity contribution in [3.05, 3.63) is 58.2 Å². The average Bonchev–Trinajstić information content (AvgIpc) is 2.28. The Morgan fingerprint density at radius 2 is 1.88 bits per heavy atom. The Bertz CT molecular complexity index is 468. The van der Waals surface area contributed by atoms with Gasteiger partial charge in [0.15, 0.2) is 0 Å². The normalized spacial score (nSPS) is 10.1. The lowest BCUT2D eigenvalue weighted by atomic mass is 10.2. The quantitative estimate of drug-likeness (QED) is 0.853. The second kappa shape index (κ2) is 5.12. The van der Waals surface area contributed by atoms with Crippen molar-refractivity contribution in [3.8, 4) is 5.88 Å². The fourth-order valence-corrected chi connectivity index (χ4v) is 1.60. The summed E-state index contributed by atoms with van der Waals surface area (Å²) in [6.45, 7) is 2.50. The van der Waals surface area contributed by atoms with E-state index in [9.17, 15) is 0 Å². The molecule has 1 aromatic heterocycles. The van der Waals surface area contributed by atoms with Gasteiger partial charge in [-0.2, -0.15) is 0 Å². The van der Waals surface area contributed by atoms with Crippen LogP contribution in [0.4, 0.5) is 0 Å². The van der Waals surface area contributed by atoms with Crippen LogP contribution in [0.15, 0.2) is 46.9 Å². The second-order valence-corrected chi connectivity index (χ2v) is 4.45. The second-order valence-electron chi connectivity index (χ2n) is 3.53. The maximum Gasteiger partial charge on any atom is 0.213 e. The van der Waals surface area contributed by atoms with Gasteiger partial charge in [-0.25, -0.2) is 4.98 Å². The summed E-state index contributed by atoms with van der Waals surface area (Å²) in [5.74, 6) is 0.669. The molecular formula is C13H12BrNO. The molecule has 0 radical (unpaired) electrons. The highest BCUT2D eigenvalue weighted by atomic mass is 79.9. The fourth-order valence-electron chi connectivity index (χ4n) is 1.34. The summed E-state index contributed by atoms with van der Waals surface area (Å²) >= 11 is 3.40. The van der Waals surface area contributed by atoms with E-state index in [1.54, 1.807) is 0 Å². The van der Waals surface area contributed by atoms with Crippen LogP contribution in [0, 0.1) is 6.92 Å². The van der Waals surface area contributed by atoms with Crippen LogP contribution in [0.3, 0.4) is 0 Å². The number of benzene rings is 1. The number of halogens is 1. The average molecular weight is 278 g/mol. The first-order valence-corrected chi connectivity index (χ1v) is 5.84. The molecule has 0 saturated heterocycles. The van der Waals surface area contributed by atoms with Gasteiger partial charge in [-0.15, -0.1) is 0 Å². The zero-order valence-corrected chi connectivity index (χ0v) is 10.6. The number of pyridine rings is 1. The van der Waals surface area contributed by atoms with Crippen molar-refractivity contribution in [1.82, 2.24) is 4.98 Å². The standard InChI is InChI=1S/C13H12BrNO/c1-10-3-2-4-13(15-10)16-9-11-5-7-12(14)8-6-11/h2-8H,9H2,1H3. The molecule has 0 fully saturated rings. The number of ether oxygens (including phenoxy) is 1. The monoisotopic (exact) mass is 277 g/mol. The van der Waals surface area contributed by atoms with Gasteiger partial charge in [0.25, 0.3) is 0 Å². The van der Waals surface area contributed by atoms with Gasteiger partial charge >= 0.3 is 0 Å². The number of hydrogen-bond acceptors (Lipinski definition) is 2. The van der Waals surface area contributed by atoms with Crippen LogP contribution in [-0.2, 0) is 6.61 Å². The molecule has 0 aliphatic heterocycles. The number of nitrogens with zero attached hydrogens (tertiary/aromatic N) is 1. The molecule has 2 nitrogen and oxygen atoms in total. The first kappa shape index (κ1) is 11.1. The minimum atomic E-state index is 0.545. The van der Waals surface area contributed by atoms with Crippen LogP contribution in [0.1, 0.15) is 11.3 Å². The smallest absolute Gasteiger partial charge is 0.213 e. The van der Waals surface area contributed by atoms with E-state index in [4.69, 9.17) is 4.74 Å². The lowest BCUT2D eigenvalue weighted by Crippen LogP contribution is -1.97. The Labute approximate surface area is 103 Å². The van der Waals surface area contributed by atoms with E-state index >= 15 is 0 Å². The van der Waals surface area contributed by atoms with Gasteiger partial charge < -0.3 is 4.74 Å². The Kier molecular flexibility index (Phi) is 3.57. The van der Waals surface area contributed by atoms with Crippen LogP contribution in [0.25, 0.3) is 0 Å². The molecule has 82 valence electrons. The van der Waals surface area contributed by atoms with Gasteiger partial charge in [0.1, 0.15) is 6.61 Å². The summed E-state index contributed by atoms with van der Waals surface area (Å²) in [7, 11) is 0. The fraction of sp³-hybridized carbons (Fsp3) is 0.154. The van der Waals surface area contributed by atoms with Crippen molar-refractivity contribution in [1.29, 1.82) is 0 Å². The van der Waals surface area contributed by atoms with Crippen molar-refractivity contribution in [2.24, 2.45) is 0 Å². The topological polar surface area (TPSA) is 22.1 Å². The van der Waals surface area contributed by atoms with Crippen molar-refractivity contribution in [2.45, 2.75) is 13.5 Å². The largest absolute Gasteiger partial charge is 0.473 e. The third kappa shape index (κ3) is 3.07. The minimum absolute atomic E-state index is 0.545. The molecule has 0 spiro atoms. The molecule has 1 aromatic carbocycles. The van der Waals surface area contributed by atoms with E-state index in [2.05, 4.69) is 20.9 Å². The molecule has 0 unspecified atom stereocenters. The number of aryl methyl sites for hydroxylation is 1. The van der Waals surface area contributed by atoms with Gasteiger partial charge in [-0.05, 0) is 30.7 Å². The number of hydrogen-bond donors (Lipinski definition) is 0. The predicted molar refractivity (Wildman–Crippen MR) is 67.4 cm³/mol. The third-order valence-corrected chi connectivity index (χ3v) is 2.69. The summed E-state index contributed by atoms with van der Waals surface area (Å²) in [6, 6.07) is 13.8. The van der Waals surface area contributed by atoms with Gasteiger partial charge in [-0.3, -0.25) is 0 Å². The molecule has 16 heavy (non-hydrogen) atoms. The molecule has 0 aliphatic rings. The molecular weight excluding hydrogens is 266 g/mol. The molecule has 2 rings (SSSR count). The highest BCUT2D eigenvalue weighted by Crippen LogP contribution is 2.13. The maximum absolute atomic E-state index is 5.59. The molecule has 0 amide bonds. The molecule has 0 aliphatic carbocycles. The Morgan fingerprint density at radius 1 is 1.12 bits per heavy atom. The molecule has 0 atom stereocenters.